The summed E-state index contributed by atoms with van der Waals surface area (Å²) >= 11 is 0. The van der Waals surface area contributed by atoms with Crippen molar-refractivity contribution in [3.8, 4) is 0 Å². The Kier molecular flexibility index (Phi) is 8.49. The molecule has 180 valence electrons. The molecule has 0 radical (unpaired) electrons. The summed E-state index contributed by atoms with van der Waals surface area (Å²) in [5.74, 6) is -0.591. The van der Waals surface area contributed by atoms with Crippen LogP contribution in [0.25, 0.3) is 0 Å². The van der Waals surface area contributed by atoms with Gasteiger partial charge < -0.3 is 19.2 Å². The van der Waals surface area contributed by atoms with Gasteiger partial charge in [-0.2, -0.15) is 0 Å². The maximum Gasteiger partial charge on any atom is 0.408 e. The fourth-order valence-corrected chi connectivity index (χ4v) is 8.68. The van der Waals surface area contributed by atoms with Gasteiger partial charge in [0.2, 0.25) is 0 Å². The van der Waals surface area contributed by atoms with Crippen LogP contribution in [0.4, 0.5) is 4.79 Å². The molecule has 0 unspecified atom stereocenters. The minimum absolute atomic E-state index is 0.281. The lowest BCUT2D eigenvalue weighted by Gasteiger charge is -2.45. The molecule has 7 heteroatoms. The highest BCUT2D eigenvalue weighted by Gasteiger charge is 2.52. The van der Waals surface area contributed by atoms with Gasteiger partial charge in [0, 0.05) is 0 Å². The van der Waals surface area contributed by atoms with E-state index in [1.807, 2.05) is 36.4 Å². The summed E-state index contributed by atoms with van der Waals surface area (Å²) in [6, 6.07) is 19.2. The molecular formula is C26H37NO5Si. The van der Waals surface area contributed by atoms with Crippen LogP contribution in [0.5, 0.6) is 0 Å². The van der Waals surface area contributed by atoms with Gasteiger partial charge in [0.05, 0.1) is 13.2 Å². The van der Waals surface area contributed by atoms with Crippen LogP contribution in [0, 0.1) is 0 Å². The van der Waals surface area contributed by atoms with Crippen LogP contribution in [0.15, 0.2) is 60.7 Å². The molecule has 1 N–H and O–H groups in total. The molecule has 2 rings (SSSR count). The van der Waals surface area contributed by atoms with Crippen LogP contribution in [0.3, 0.4) is 0 Å². The summed E-state index contributed by atoms with van der Waals surface area (Å²) in [6.45, 7) is 13.5. The van der Waals surface area contributed by atoms with Crippen molar-refractivity contribution in [3.63, 3.8) is 0 Å². The number of alkyl carbamates (subject to hydrolysis) is 1. The lowest BCUT2D eigenvalue weighted by molar-refractivity contribution is -0.145. The number of amides is 1. The number of nitrogens with one attached hydrogen (secondary N) is 1. The first-order chi connectivity index (χ1) is 15.3. The molecular weight excluding hydrogens is 434 g/mol. The smallest absolute Gasteiger partial charge is 0.408 e. The van der Waals surface area contributed by atoms with Gasteiger partial charge in [-0.1, -0.05) is 81.4 Å². The van der Waals surface area contributed by atoms with Crippen LogP contribution >= 0.6 is 0 Å². The van der Waals surface area contributed by atoms with E-state index in [-0.39, 0.29) is 5.04 Å². The zero-order valence-corrected chi connectivity index (χ0v) is 22.0. The molecule has 2 atom stereocenters. The first-order valence-corrected chi connectivity index (χ1v) is 13.1. The standard InChI is InChI=1S/C26H37NO5Si/c1-19(22(23(28)30-8)27-24(29)31-25(2,3)4)32-33(26(5,6)7,20-15-11-9-12-16-20)21-17-13-10-14-18-21/h9-19,22H,1-8H3,(H,27,29)/t19-,22+/m1/s1. The van der Waals surface area contributed by atoms with Crippen molar-refractivity contribution in [1.29, 1.82) is 0 Å². The summed E-state index contributed by atoms with van der Waals surface area (Å²) in [5.41, 5.74) is -0.702. The normalized spacial score (nSPS) is 14.2. The number of hydrogen-bond donors (Lipinski definition) is 1. The largest absolute Gasteiger partial charge is 0.467 e. The van der Waals surface area contributed by atoms with Crippen molar-refractivity contribution in [2.45, 2.75) is 71.3 Å². The van der Waals surface area contributed by atoms with Gasteiger partial charge >= 0.3 is 12.1 Å². The zero-order chi connectivity index (χ0) is 24.9. The summed E-state index contributed by atoms with van der Waals surface area (Å²) in [4.78, 5) is 25.2. The number of methoxy groups -OCH3 is 1. The third-order valence-corrected chi connectivity index (χ3v) is 10.5. The fourth-order valence-electron chi connectivity index (χ4n) is 3.97. The minimum atomic E-state index is -2.93. The quantitative estimate of drug-likeness (QED) is 0.488. The van der Waals surface area contributed by atoms with E-state index in [1.165, 1.54) is 7.11 Å². The Bertz CT molecular complexity index is 880. The van der Waals surface area contributed by atoms with Gasteiger partial charge in [0.15, 0.2) is 6.04 Å². The maximum absolute atomic E-state index is 12.7. The monoisotopic (exact) mass is 471 g/mol. The second kappa shape index (κ2) is 10.5. The predicted octanol–water partition coefficient (Wildman–Crippen LogP) is 4.02. The number of esters is 1. The van der Waals surface area contributed by atoms with Gasteiger partial charge in [-0.3, -0.25) is 0 Å². The van der Waals surface area contributed by atoms with Crippen LogP contribution in [0.1, 0.15) is 48.5 Å². The molecule has 0 bridgehead atoms. The molecule has 0 saturated carbocycles. The van der Waals surface area contributed by atoms with E-state index in [2.05, 4.69) is 50.4 Å². The summed E-state index contributed by atoms with van der Waals surface area (Å²) in [6.07, 6.45) is -1.38. The van der Waals surface area contributed by atoms with Gasteiger partial charge in [0.1, 0.15) is 5.60 Å². The van der Waals surface area contributed by atoms with E-state index in [1.54, 1.807) is 27.7 Å². The predicted molar refractivity (Wildman–Crippen MR) is 133 cm³/mol. The first kappa shape index (κ1) is 26.6. The molecule has 6 nitrogen and oxygen atoms in total. The van der Waals surface area contributed by atoms with Crippen molar-refractivity contribution >= 4 is 30.8 Å². The Morgan fingerprint density at radius 1 is 0.848 bits per heavy atom. The summed E-state index contributed by atoms with van der Waals surface area (Å²) < 4.78 is 17.3. The minimum Gasteiger partial charge on any atom is -0.467 e. The number of carbonyl (C=O) groups excluding carboxylic acids is 2. The average Bonchev–Trinajstić information content (AvgIpc) is 2.74. The highest BCUT2D eigenvalue weighted by atomic mass is 28.4. The SMILES string of the molecule is COC(=O)[C@@H](NC(=O)OC(C)(C)C)[C@@H](C)O[Si](c1ccccc1)(c1ccccc1)C(C)(C)C. The van der Waals surface area contributed by atoms with Crippen molar-refractivity contribution < 1.29 is 23.5 Å². The Morgan fingerprint density at radius 3 is 1.67 bits per heavy atom. The summed E-state index contributed by atoms with van der Waals surface area (Å²) in [5, 5.41) is 4.54. The molecule has 0 spiro atoms. The first-order valence-electron chi connectivity index (χ1n) is 11.2. The topological polar surface area (TPSA) is 73.9 Å². The maximum atomic E-state index is 12.7. The van der Waals surface area contributed by atoms with E-state index in [4.69, 9.17) is 13.9 Å². The van der Waals surface area contributed by atoms with E-state index in [9.17, 15) is 9.59 Å². The second-order valence-corrected chi connectivity index (χ2v) is 14.4. The third-order valence-electron chi connectivity index (χ3n) is 5.38. The van der Waals surface area contributed by atoms with Gasteiger partial charge in [-0.15, -0.1) is 0 Å². The van der Waals surface area contributed by atoms with Gasteiger partial charge in [0.25, 0.3) is 8.32 Å². The fraction of sp³-hybridized carbons (Fsp3) is 0.462. The molecule has 0 aliphatic heterocycles. The van der Waals surface area contributed by atoms with Crippen LogP contribution in [0.2, 0.25) is 5.04 Å². The number of hydrogen-bond acceptors (Lipinski definition) is 5. The second-order valence-electron chi connectivity index (χ2n) is 10.1. The van der Waals surface area contributed by atoms with Crippen LogP contribution in [-0.4, -0.2) is 45.2 Å². The van der Waals surface area contributed by atoms with Crippen molar-refractivity contribution in [2.75, 3.05) is 7.11 Å². The van der Waals surface area contributed by atoms with Crippen molar-refractivity contribution in [3.05, 3.63) is 60.7 Å². The molecule has 33 heavy (non-hydrogen) atoms. The molecule has 0 fully saturated rings. The number of benzene rings is 2. The lowest BCUT2D eigenvalue weighted by Crippen LogP contribution is -2.69. The lowest BCUT2D eigenvalue weighted by atomic mass is 10.2. The molecule has 0 saturated heterocycles. The van der Waals surface area contributed by atoms with Crippen LogP contribution in [-0.2, 0) is 18.7 Å². The molecule has 1 amide bonds. The molecule has 0 heterocycles. The molecule has 2 aromatic rings. The third kappa shape index (κ3) is 6.45. The number of ether oxygens (including phenoxy) is 2. The van der Waals surface area contributed by atoms with E-state index in [0.717, 1.165) is 10.4 Å². The van der Waals surface area contributed by atoms with Gasteiger partial charge in [-0.25, -0.2) is 9.59 Å². The average molecular weight is 472 g/mol. The zero-order valence-electron chi connectivity index (χ0n) is 21.0. The Labute approximate surface area is 198 Å². The molecule has 0 aliphatic rings. The molecule has 0 aliphatic carbocycles. The number of carbonyl (C=O) groups is 2. The highest BCUT2D eigenvalue weighted by Crippen LogP contribution is 2.37. The number of rotatable bonds is 7. The van der Waals surface area contributed by atoms with Gasteiger partial charge in [-0.05, 0) is 43.1 Å². The van der Waals surface area contributed by atoms with Crippen molar-refractivity contribution in [1.82, 2.24) is 5.32 Å². The Hall–Kier alpha value is -2.64. The van der Waals surface area contributed by atoms with Crippen molar-refractivity contribution in [2.24, 2.45) is 0 Å². The van der Waals surface area contributed by atoms with E-state index < -0.39 is 38.1 Å². The van der Waals surface area contributed by atoms with E-state index >= 15 is 0 Å². The van der Waals surface area contributed by atoms with E-state index in [0.29, 0.717) is 0 Å². The molecule has 2 aromatic carbocycles. The Balaban J connectivity index is 2.55. The molecule has 0 aromatic heterocycles. The van der Waals surface area contributed by atoms with Crippen LogP contribution < -0.4 is 15.7 Å². The summed E-state index contributed by atoms with van der Waals surface area (Å²) in [7, 11) is -1.64. The highest BCUT2D eigenvalue weighted by molar-refractivity contribution is 6.99. The Morgan fingerprint density at radius 2 is 1.30 bits per heavy atom.